The van der Waals surface area contributed by atoms with Crippen molar-refractivity contribution in [3.8, 4) is 33.5 Å². The summed E-state index contributed by atoms with van der Waals surface area (Å²) in [4.78, 5) is 8.95. The summed E-state index contributed by atoms with van der Waals surface area (Å²) in [5.41, 5.74) is 3.07. The van der Waals surface area contributed by atoms with Gasteiger partial charge in [-0.1, -0.05) is 36.4 Å². The molecule has 0 amide bonds. The molecule has 0 aliphatic rings. The van der Waals surface area contributed by atoms with Gasteiger partial charge in [-0.2, -0.15) is 0 Å². The number of aromatic amines is 1. The van der Waals surface area contributed by atoms with Crippen molar-refractivity contribution < 1.29 is 9.47 Å². The molecule has 1 N–H and O–H groups in total. The van der Waals surface area contributed by atoms with Crippen molar-refractivity contribution in [2.45, 2.75) is 6.61 Å². The third kappa shape index (κ3) is 3.48. The Kier molecular flexibility index (Phi) is 4.71. The molecule has 0 unspecified atom stereocenters. The van der Waals surface area contributed by atoms with Crippen molar-refractivity contribution in [1.29, 1.82) is 0 Å². The van der Waals surface area contributed by atoms with Gasteiger partial charge in [-0.15, -0.1) is 11.3 Å². The molecule has 26 heavy (non-hydrogen) atoms. The van der Waals surface area contributed by atoms with Crippen LogP contribution in [0.5, 0.6) is 11.5 Å². The molecule has 4 nitrogen and oxygen atoms in total. The average molecular weight is 362 g/mol. The van der Waals surface area contributed by atoms with Crippen LogP contribution in [0.3, 0.4) is 0 Å². The Hall–Kier alpha value is -3.05. The van der Waals surface area contributed by atoms with Crippen molar-refractivity contribution in [1.82, 2.24) is 9.97 Å². The Morgan fingerprint density at radius 2 is 1.88 bits per heavy atom. The van der Waals surface area contributed by atoms with Gasteiger partial charge >= 0.3 is 0 Å². The van der Waals surface area contributed by atoms with E-state index in [1.165, 1.54) is 0 Å². The highest BCUT2D eigenvalue weighted by molar-refractivity contribution is 7.13. The predicted octanol–water partition coefficient (Wildman–Crippen LogP) is 5.39. The fourth-order valence-electron chi connectivity index (χ4n) is 2.70. The second kappa shape index (κ2) is 7.45. The van der Waals surface area contributed by atoms with Crippen LogP contribution in [0, 0.1) is 0 Å². The van der Waals surface area contributed by atoms with Gasteiger partial charge in [-0.25, -0.2) is 4.98 Å². The van der Waals surface area contributed by atoms with Gasteiger partial charge in [0, 0.05) is 5.56 Å². The zero-order chi connectivity index (χ0) is 17.8. The molecular formula is C21H18N2O2S. The third-order valence-electron chi connectivity index (χ3n) is 4.04. The maximum Gasteiger partial charge on any atom is 0.161 e. The van der Waals surface area contributed by atoms with E-state index >= 15 is 0 Å². The highest BCUT2D eigenvalue weighted by Crippen LogP contribution is 2.33. The Morgan fingerprint density at radius 1 is 1.00 bits per heavy atom. The number of hydrogen-bond donors (Lipinski definition) is 1. The summed E-state index contributed by atoms with van der Waals surface area (Å²) < 4.78 is 11.4. The third-order valence-corrected chi connectivity index (χ3v) is 4.92. The van der Waals surface area contributed by atoms with Crippen LogP contribution >= 0.6 is 11.3 Å². The second-order valence-electron chi connectivity index (χ2n) is 5.76. The molecule has 0 saturated heterocycles. The molecule has 5 heteroatoms. The van der Waals surface area contributed by atoms with Gasteiger partial charge in [0.15, 0.2) is 11.5 Å². The van der Waals surface area contributed by atoms with Crippen LogP contribution in [0.4, 0.5) is 0 Å². The zero-order valence-corrected chi connectivity index (χ0v) is 15.1. The first-order chi connectivity index (χ1) is 12.8. The first-order valence-electron chi connectivity index (χ1n) is 8.27. The first kappa shape index (κ1) is 16.4. The largest absolute Gasteiger partial charge is 0.493 e. The molecule has 2 heterocycles. The van der Waals surface area contributed by atoms with Gasteiger partial charge in [-0.3, -0.25) is 0 Å². The number of imidazole rings is 1. The summed E-state index contributed by atoms with van der Waals surface area (Å²) >= 11 is 1.66. The molecule has 0 atom stereocenters. The first-order valence-corrected chi connectivity index (χ1v) is 9.15. The molecule has 130 valence electrons. The summed E-state index contributed by atoms with van der Waals surface area (Å²) in [6.45, 7) is 0.503. The molecule has 0 spiro atoms. The Morgan fingerprint density at radius 3 is 2.65 bits per heavy atom. The number of rotatable bonds is 6. The van der Waals surface area contributed by atoms with E-state index in [1.54, 1.807) is 18.4 Å². The van der Waals surface area contributed by atoms with Crippen LogP contribution in [0.2, 0.25) is 0 Å². The van der Waals surface area contributed by atoms with E-state index in [9.17, 15) is 0 Å². The molecule has 0 radical (unpaired) electrons. The maximum absolute atomic E-state index is 5.92. The lowest BCUT2D eigenvalue weighted by atomic mass is 10.1. The van der Waals surface area contributed by atoms with Crippen molar-refractivity contribution in [2.24, 2.45) is 0 Å². The fourth-order valence-corrected chi connectivity index (χ4v) is 3.37. The number of hydrogen-bond acceptors (Lipinski definition) is 4. The molecule has 0 bridgehead atoms. The Bertz CT molecular complexity index is 978. The van der Waals surface area contributed by atoms with E-state index in [-0.39, 0.29) is 0 Å². The maximum atomic E-state index is 5.92. The summed E-state index contributed by atoms with van der Waals surface area (Å²) in [5, 5.41) is 2.04. The molecule has 2 aromatic carbocycles. The number of nitrogens with zero attached hydrogens (tertiary/aromatic N) is 1. The number of aromatic nitrogens is 2. The molecular weight excluding hydrogens is 344 g/mol. The molecule has 0 fully saturated rings. The van der Waals surface area contributed by atoms with Gasteiger partial charge in [0.25, 0.3) is 0 Å². The van der Waals surface area contributed by atoms with E-state index in [4.69, 9.17) is 9.47 Å². The van der Waals surface area contributed by atoms with Crippen LogP contribution in [0.15, 0.2) is 72.2 Å². The number of ether oxygens (including phenoxy) is 2. The number of nitrogens with one attached hydrogen (secondary N) is 1. The van der Waals surface area contributed by atoms with Crippen molar-refractivity contribution >= 4 is 11.3 Å². The quantitative estimate of drug-likeness (QED) is 0.500. The summed E-state index contributed by atoms with van der Waals surface area (Å²) in [6, 6.07) is 20.1. The molecule has 0 aliphatic heterocycles. The fraction of sp³-hybridized carbons (Fsp3) is 0.0952. The van der Waals surface area contributed by atoms with Crippen LogP contribution in [-0.4, -0.2) is 17.1 Å². The minimum Gasteiger partial charge on any atom is -0.493 e. The lowest BCUT2D eigenvalue weighted by molar-refractivity contribution is 0.284. The second-order valence-corrected chi connectivity index (χ2v) is 6.71. The van der Waals surface area contributed by atoms with Crippen molar-refractivity contribution in [3.63, 3.8) is 0 Å². The predicted molar refractivity (Wildman–Crippen MR) is 105 cm³/mol. The number of methoxy groups -OCH3 is 1. The molecule has 2 aromatic heterocycles. The van der Waals surface area contributed by atoms with Crippen LogP contribution < -0.4 is 9.47 Å². The van der Waals surface area contributed by atoms with Gasteiger partial charge < -0.3 is 14.5 Å². The van der Waals surface area contributed by atoms with E-state index in [2.05, 4.69) is 9.97 Å². The van der Waals surface area contributed by atoms with E-state index in [1.807, 2.05) is 72.2 Å². The summed E-state index contributed by atoms with van der Waals surface area (Å²) in [5.74, 6) is 2.29. The molecule has 0 saturated carbocycles. The lowest BCUT2D eigenvalue weighted by Crippen LogP contribution is -1.97. The topological polar surface area (TPSA) is 47.1 Å². The Labute approximate surface area is 156 Å². The highest BCUT2D eigenvalue weighted by Gasteiger charge is 2.10. The van der Waals surface area contributed by atoms with E-state index in [0.29, 0.717) is 12.4 Å². The van der Waals surface area contributed by atoms with Crippen molar-refractivity contribution in [2.75, 3.05) is 7.11 Å². The minimum absolute atomic E-state index is 0.503. The SMILES string of the molecule is COc1cc(-c2cnc(-c3cccs3)[nH]2)ccc1OCc1ccccc1. The standard InChI is InChI=1S/C21H18N2O2S/c1-24-19-12-16(17-13-22-21(23-17)20-8-5-11-26-20)9-10-18(19)25-14-15-6-3-2-4-7-15/h2-13H,14H2,1H3,(H,22,23). The van der Waals surface area contributed by atoms with Crippen LogP contribution in [-0.2, 0) is 6.61 Å². The van der Waals surface area contributed by atoms with Gasteiger partial charge in [0.05, 0.1) is 23.9 Å². The molecule has 4 aromatic rings. The minimum atomic E-state index is 0.503. The van der Waals surface area contributed by atoms with Crippen LogP contribution in [0.25, 0.3) is 22.0 Å². The van der Waals surface area contributed by atoms with Crippen LogP contribution in [0.1, 0.15) is 5.56 Å². The lowest BCUT2D eigenvalue weighted by Gasteiger charge is -2.12. The van der Waals surface area contributed by atoms with Crippen molar-refractivity contribution in [3.05, 3.63) is 77.8 Å². The Balaban J connectivity index is 1.55. The number of H-pyrrole nitrogens is 1. The number of thiophene rings is 1. The number of benzene rings is 2. The molecule has 0 aliphatic carbocycles. The molecule has 4 rings (SSSR count). The van der Waals surface area contributed by atoms with Gasteiger partial charge in [0.2, 0.25) is 0 Å². The van der Waals surface area contributed by atoms with E-state index in [0.717, 1.165) is 33.3 Å². The monoisotopic (exact) mass is 362 g/mol. The highest BCUT2D eigenvalue weighted by atomic mass is 32.1. The normalized spacial score (nSPS) is 10.7. The smallest absolute Gasteiger partial charge is 0.161 e. The van der Waals surface area contributed by atoms with Gasteiger partial charge in [-0.05, 0) is 35.2 Å². The summed E-state index contributed by atoms with van der Waals surface area (Å²) in [7, 11) is 1.65. The van der Waals surface area contributed by atoms with E-state index < -0.39 is 0 Å². The zero-order valence-electron chi connectivity index (χ0n) is 14.3. The summed E-state index contributed by atoms with van der Waals surface area (Å²) in [6.07, 6.45) is 1.84. The average Bonchev–Trinajstić information content (AvgIpc) is 3.38. The van der Waals surface area contributed by atoms with Gasteiger partial charge in [0.1, 0.15) is 12.4 Å².